The van der Waals surface area contributed by atoms with Crippen molar-refractivity contribution in [2.24, 2.45) is 5.73 Å². The van der Waals surface area contributed by atoms with E-state index in [0.717, 1.165) is 35.5 Å². The molecule has 0 bridgehead atoms. The highest BCUT2D eigenvalue weighted by atomic mass is 16.5. The number of methoxy groups -OCH3 is 1. The van der Waals surface area contributed by atoms with Crippen molar-refractivity contribution < 1.29 is 9.47 Å². The zero-order valence-electron chi connectivity index (χ0n) is 12.6. The van der Waals surface area contributed by atoms with Crippen LogP contribution in [0.5, 0.6) is 11.5 Å². The molecule has 0 spiro atoms. The summed E-state index contributed by atoms with van der Waals surface area (Å²) >= 11 is 0. The Kier molecular flexibility index (Phi) is 5.58. The number of rotatable bonds is 7. The van der Waals surface area contributed by atoms with E-state index in [2.05, 4.69) is 11.9 Å². The fourth-order valence-corrected chi connectivity index (χ4v) is 2.05. The maximum absolute atomic E-state index is 5.99. The number of pyridine rings is 1. The molecular weight excluding hydrogens is 264 g/mol. The molecule has 21 heavy (non-hydrogen) atoms. The van der Waals surface area contributed by atoms with Gasteiger partial charge in [-0.1, -0.05) is 13.0 Å². The van der Waals surface area contributed by atoms with E-state index in [1.165, 1.54) is 0 Å². The fourth-order valence-electron chi connectivity index (χ4n) is 2.05. The fraction of sp³-hybridized carbons (Fsp3) is 0.353. The molecule has 1 heterocycles. The van der Waals surface area contributed by atoms with Crippen LogP contribution in [0.25, 0.3) is 0 Å². The van der Waals surface area contributed by atoms with Gasteiger partial charge in [0.2, 0.25) is 0 Å². The lowest BCUT2D eigenvalue weighted by Crippen LogP contribution is -2.21. The Hall–Kier alpha value is -2.07. The van der Waals surface area contributed by atoms with Crippen molar-refractivity contribution >= 4 is 0 Å². The summed E-state index contributed by atoms with van der Waals surface area (Å²) in [6.07, 6.45) is 5.32. The Morgan fingerprint density at radius 2 is 1.86 bits per heavy atom. The first-order valence-electron chi connectivity index (χ1n) is 7.17. The number of nitrogens with zero attached hydrogens (tertiary/aromatic N) is 1. The molecule has 112 valence electrons. The predicted octanol–water partition coefficient (Wildman–Crippen LogP) is 2.95. The predicted molar refractivity (Wildman–Crippen MR) is 83.5 cm³/mol. The highest BCUT2D eigenvalue weighted by molar-refractivity contribution is 5.43. The van der Waals surface area contributed by atoms with E-state index in [-0.39, 0.29) is 6.04 Å². The Morgan fingerprint density at radius 3 is 2.52 bits per heavy atom. The number of aromatic nitrogens is 1. The Balaban J connectivity index is 2.05. The molecule has 0 aliphatic carbocycles. The summed E-state index contributed by atoms with van der Waals surface area (Å²) < 4.78 is 11.2. The molecule has 1 aromatic heterocycles. The van der Waals surface area contributed by atoms with E-state index >= 15 is 0 Å². The van der Waals surface area contributed by atoms with E-state index < -0.39 is 0 Å². The van der Waals surface area contributed by atoms with Crippen LogP contribution in [0.2, 0.25) is 0 Å². The first kappa shape index (κ1) is 15.3. The van der Waals surface area contributed by atoms with Crippen LogP contribution in [0.3, 0.4) is 0 Å². The van der Waals surface area contributed by atoms with Gasteiger partial charge in [0.25, 0.3) is 0 Å². The zero-order chi connectivity index (χ0) is 15.1. The second-order valence-corrected chi connectivity index (χ2v) is 5.00. The number of benzene rings is 1. The van der Waals surface area contributed by atoms with Gasteiger partial charge in [0, 0.05) is 18.4 Å². The van der Waals surface area contributed by atoms with Gasteiger partial charge in [-0.15, -0.1) is 0 Å². The molecule has 2 aromatic rings. The topological polar surface area (TPSA) is 57.4 Å². The second-order valence-electron chi connectivity index (χ2n) is 5.00. The van der Waals surface area contributed by atoms with Gasteiger partial charge in [-0.05, 0) is 48.2 Å². The number of hydrogen-bond donors (Lipinski definition) is 1. The Bertz CT molecular complexity index is 558. The van der Waals surface area contributed by atoms with Crippen molar-refractivity contribution in [2.75, 3.05) is 7.11 Å². The first-order chi connectivity index (χ1) is 10.2. The minimum atomic E-state index is 0.179. The van der Waals surface area contributed by atoms with Crippen LogP contribution in [-0.2, 0) is 13.0 Å². The normalized spacial score (nSPS) is 12.0. The maximum atomic E-state index is 5.99. The lowest BCUT2D eigenvalue weighted by atomic mass is 10.0. The van der Waals surface area contributed by atoms with E-state index in [1.807, 2.05) is 30.3 Å². The van der Waals surface area contributed by atoms with Gasteiger partial charge in [-0.3, -0.25) is 4.98 Å². The van der Waals surface area contributed by atoms with E-state index in [1.54, 1.807) is 19.5 Å². The molecule has 0 saturated heterocycles. The molecule has 4 heteroatoms. The SMILES string of the molecule is CCC(N)Cc1ccc(OCc2ccncc2)c(OC)c1. The van der Waals surface area contributed by atoms with Crippen LogP contribution in [0.15, 0.2) is 42.7 Å². The third-order valence-electron chi connectivity index (χ3n) is 3.39. The highest BCUT2D eigenvalue weighted by Crippen LogP contribution is 2.29. The number of ether oxygens (including phenoxy) is 2. The molecule has 1 aromatic carbocycles. The molecule has 0 fully saturated rings. The molecular formula is C17H22N2O2. The summed E-state index contributed by atoms with van der Waals surface area (Å²) in [5.41, 5.74) is 8.23. The molecule has 0 aliphatic heterocycles. The second kappa shape index (κ2) is 7.64. The van der Waals surface area contributed by atoms with Gasteiger partial charge >= 0.3 is 0 Å². The number of hydrogen-bond acceptors (Lipinski definition) is 4. The van der Waals surface area contributed by atoms with Crippen molar-refractivity contribution in [3.8, 4) is 11.5 Å². The molecule has 0 saturated carbocycles. The largest absolute Gasteiger partial charge is 0.493 e. The summed E-state index contributed by atoms with van der Waals surface area (Å²) in [5, 5.41) is 0. The maximum Gasteiger partial charge on any atom is 0.161 e. The highest BCUT2D eigenvalue weighted by Gasteiger charge is 2.08. The number of nitrogens with two attached hydrogens (primary N) is 1. The average Bonchev–Trinajstić information content (AvgIpc) is 2.54. The van der Waals surface area contributed by atoms with Crippen molar-refractivity contribution in [1.29, 1.82) is 0 Å². The zero-order valence-corrected chi connectivity index (χ0v) is 12.6. The third kappa shape index (κ3) is 4.46. The standard InChI is InChI=1S/C17H22N2O2/c1-3-15(18)10-14-4-5-16(17(11-14)20-2)21-12-13-6-8-19-9-7-13/h4-9,11,15H,3,10,12,18H2,1-2H3. The van der Waals surface area contributed by atoms with Crippen molar-refractivity contribution in [1.82, 2.24) is 4.98 Å². The summed E-state index contributed by atoms with van der Waals surface area (Å²) in [6.45, 7) is 2.58. The molecule has 1 unspecified atom stereocenters. The average molecular weight is 286 g/mol. The van der Waals surface area contributed by atoms with Gasteiger partial charge in [0.1, 0.15) is 6.61 Å². The molecule has 0 radical (unpaired) electrons. The summed E-state index contributed by atoms with van der Waals surface area (Å²) in [6, 6.07) is 10.0. The summed E-state index contributed by atoms with van der Waals surface area (Å²) in [5.74, 6) is 1.48. The quantitative estimate of drug-likeness (QED) is 0.850. The van der Waals surface area contributed by atoms with Gasteiger partial charge < -0.3 is 15.2 Å². The Morgan fingerprint density at radius 1 is 1.10 bits per heavy atom. The van der Waals surface area contributed by atoms with Gasteiger partial charge in [-0.2, -0.15) is 0 Å². The Labute approximate surface area is 125 Å². The molecule has 2 rings (SSSR count). The van der Waals surface area contributed by atoms with Gasteiger partial charge in [0.15, 0.2) is 11.5 Å². The van der Waals surface area contributed by atoms with Crippen molar-refractivity contribution in [3.63, 3.8) is 0 Å². The van der Waals surface area contributed by atoms with Gasteiger partial charge in [0.05, 0.1) is 7.11 Å². The van der Waals surface area contributed by atoms with Crippen LogP contribution in [0.4, 0.5) is 0 Å². The minimum absolute atomic E-state index is 0.179. The van der Waals surface area contributed by atoms with E-state index in [9.17, 15) is 0 Å². The first-order valence-corrected chi connectivity index (χ1v) is 7.17. The molecule has 1 atom stereocenters. The lowest BCUT2D eigenvalue weighted by molar-refractivity contribution is 0.284. The van der Waals surface area contributed by atoms with Gasteiger partial charge in [-0.25, -0.2) is 0 Å². The van der Waals surface area contributed by atoms with Crippen LogP contribution < -0.4 is 15.2 Å². The van der Waals surface area contributed by atoms with E-state index in [0.29, 0.717) is 6.61 Å². The van der Waals surface area contributed by atoms with Crippen LogP contribution >= 0.6 is 0 Å². The third-order valence-corrected chi connectivity index (χ3v) is 3.39. The van der Waals surface area contributed by atoms with E-state index in [4.69, 9.17) is 15.2 Å². The van der Waals surface area contributed by atoms with Crippen LogP contribution in [-0.4, -0.2) is 18.1 Å². The smallest absolute Gasteiger partial charge is 0.161 e. The lowest BCUT2D eigenvalue weighted by Gasteiger charge is -2.14. The monoisotopic (exact) mass is 286 g/mol. The summed E-state index contributed by atoms with van der Waals surface area (Å²) in [4.78, 5) is 3.99. The van der Waals surface area contributed by atoms with Crippen LogP contribution in [0, 0.1) is 0 Å². The summed E-state index contributed by atoms with van der Waals surface area (Å²) in [7, 11) is 1.65. The molecule has 0 amide bonds. The molecule has 4 nitrogen and oxygen atoms in total. The van der Waals surface area contributed by atoms with Crippen LogP contribution in [0.1, 0.15) is 24.5 Å². The van der Waals surface area contributed by atoms with Crippen molar-refractivity contribution in [2.45, 2.75) is 32.4 Å². The molecule has 0 aliphatic rings. The minimum Gasteiger partial charge on any atom is -0.493 e. The van der Waals surface area contributed by atoms with Crippen molar-refractivity contribution in [3.05, 3.63) is 53.9 Å². The molecule has 2 N–H and O–H groups in total.